The van der Waals surface area contributed by atoms with Crippen LogP contribution in [0, 0.1) is 5.82 Å². The number of ether oxygens (including phenoxy) is 1. The number of pyridine rings is 1. The van der Waals surface area contributed by atoms with Gasteiger partial charge in [0.15, 0.2) is 17.2 Å². The SMILES string of the molecule is C[C@@H](c1ccc(Cl)cc1)N1C(=O)CN(c2ncc(Cl)cc2F)C(=O)C12CN(C(=O)NC1CCOCC1)C2. The first-order valence-electron chi connectivity index (χ1n) is 12.0. The number of nitrogens with one attached hydrogen (secondary N) is 1. The zero-order valence-electron chi connectivity index (χ0n) is 20.1. The highest BCUT2D eigenvalue weighted by atomic mass is 35.5. The molecule has 37 heavy (non-hydrogen) atoms. The normalized spacial score (nSPS) is 20.7. The third kappa shape index (κ3) is 4.73. The van der Waals surface area contributed by atoms with Gasteiger partial charge >= 0.3 is 6.03 Å². The van der Waals surface area contributed by atoms with Gasteiger partial charge in [-0.3, -0.25) is 14.5 Å². The number of likely N-dealkylation sites (tertiary alicyclic amines) is 1. The smallest absolute Gasteiger partial charge is 0.317 e. The van der Waals surface area contributed by atoms with Crippen LogP contribution >= 0.6 is 23.2 Å². The zero-order chi connectivity index (χ0) is 26.3. The fourth-order valence-electron chi connectivity index (χ4n) is 5.25. The van der Waals surface area contributed by atoms with Gasteiger partial charge in [0.25, 0.3) is 5.91 Å². The van der Waals surface area contributed by atoms with Gasteiger partial charge in [-0.05, 0) is 43.5 Å². The van der Waals surface area contributed by atoms with Gasteiger partial charge in [-0.2, -0.15) is 0 Å². The van der Waals surface area contributed by atoms with Crippen LogP contribution in [0.5, 0.6) is 0 Å². The molecule has 196 valence electrons. The second-order valence-corrected chi connectivity index (χ2v) is 10.4. The average molecular weight is 550 g/mol. The van der Waals surface area contributed by atoms with E-state index in [1.807, 2.05) is 6.92 Å². The van der Waals surface area contributed by atoms with Crippen LogP contribution in [-0.4, -0.2) is 77.1 Å². The molecule has 9 nitrogen and oxygen atoms in total. The van der Waals surface area contributed by atoms with Gasteiger partial charge in [-0.15, -0.1) is 0 Å². The van der Waals surface area contributed by atoms with Crippen LogP contribution in [0.4, 0.5) is 15.0 Å². The maximum absolute atomic E-state index is 14.8. The minimum Gasteiger partial charge on any atom is -0.381 e. The van der Waals surface area contributed by atoms with Crippen molar-refractivity contribution in [3.63, 3.8) is 0 Å². The fraction of sp³-hybridized carbons (Fsp3) is 0.440. The molecule has 3 saturated heterocycles. The van der Waals surface area contributed by atoms with E-state index in [0.717, 1.165) is 16.5 Å². The molecular formula is C25H26Cl2FN5O4. The molecule has 1 aromatic heterocycles. The minimum absolute atomic E-state index is 0.0190. The quantitative estimate of drug-likeness (QED) is 0.630. The maximum Gasteiger partial charge on any atom is 0.317 e. The average Bonchev–Trinajstić information content (AvgIpc) is 2.84. The van der Waals surface area contributed by atoms with Gasteiger partial charge in [0, 0.05) is 30.5 Å². The van der Waals surface area contributed by atoms with E-state index in [-0.39, 0.29) is 41.9 Å². The van der Waals surface area contributed by atoms with E-state index >= 15 is 0 Å². The molecule has 0 unspecified atom stereocenters. The molecule has 1 aromatic carbocycles. The van der Waals surface area contributed by atoms with Crippen LogP contribution in [0.2, 0.25) is 10.0 Å². The summed E-state index contributed by atoms with van der Waals surface area (Å²) in [5.74, 6) is -1.97. The largest absolute Gasteiger partial charge is 0.381 e. The van der Waals surface area contributed by atoms with Crippen molar-refractivity contribution in [1.82, 2.24) is 20.1 Å². The number of urea groups is 1. The Morgan fingerprint density at radius 2 is 1.84 bits per heavy atom. The molecule has 5 rings (SSSR count). The fourth-order valence-corrected chi connectivity index (χ4v) is 5.53. The lowest BCUT2D eigenvalue weighted by Gasteiger charge is -2.59. The second kappa shape index (κ2) is 10.1. The lowest BCUT2D eigenvalue weighted by Crippen LogP contribution is -2.82. The van der Waals surface area contributed by atoms with Crippen LogP contribution in [0.1, 0.15) is 31.4 Å². The zero-order valence-corrected chi connectivity index (χ0v) is 21.6. The molecule has 0 bridgehead atoms. The molecule has 1 spiro atoms. The summed E-state index contributed by atoms with van der Waals surface area (Å²) in [4.78, 5) is 48.6. The molecule has 0 aliphatic carbocycles. The molecule has 3 fully saturated rings. The molecule has 12 heteroatoms. The number of hydrogen-bond acceptors (Lipinski definition) is 5. The number of anilines is 1. The molecule has 0 radical (unpaired) electrons. The molecule has 4 heterocycles. The topological polar surface area (TPSA) is 95.1 Å². The molecule has 2 aromatic rings. The van der Waals surface area contributed by atoms with Gasteiger partial charge in [0.1, 0.15) is 6.54 Å². The highest BCUT2D eigenvalue weighted by molar-refractivity contribution is 6.30. The number of aromatic nitrogens is 1. The second-order valence-electron chi connectivity index (χ2n) is 9.57. The third-order valence-corrected chi connectivity index (χ3v) is 7.65. The summed E-state index contributed by atoms with van der Waals surface area (Å²) in [6.45, 7) is 2.51. The van der Waals surface area contributed by atoms with E-state index in [1.54, 1.807) is 24.3 Å². The van der Waals surface area contributed by atoms with Crippen LogP contribution < -0.4 is 10.2 Å². The summed E-state index contributed by atoms with van der Waals surface area (Å²) >= 11 is 11.9. The van der Waals surface area contributed by atoms with E-state index in [9.17, 15) is 18.8 Å². The van der Waals surface area contributed by atoms with Crippen LogP contribution in [0.3, 0.4) is 0 Å². The molecule has 1 atom stereocenters. The van der Waals surface area contributed by atoms with E-state index in [4.69, 9.17) is 27.9 Å². The van der Waals surface area contributed by atoms with Gasteiger partial charge in [0.2, 0.25) is 5.91 Å². The maximum atomic E-state index is 14.8. The number of rotatable bonds is 4. The Kier molecular flexibility index (Phi) is 6.99. The number of amides is 4. The molecule has 3 aliphatic rings. The Morgan fingerprint density at radius 3 is 2.49 bits per heavy atom. The van der Waals surface area contributed by atoms with E-state index in [2.05, 4.69) is 10.3 Å². The van der Waals surface area contributed by atoms with E-state index in [1.165, 1.54) is 16.0 Å². The van der Waals surface area contributed by atoms with Crippen LogP contribution in [0.25, 0.3) is 0 Å². The van der Waals surface area contributed by atoms with Crippen molar-refractivity contribution >= 4 is 46.9 Å². The Balaban J connectivity index is 1.45. The van der Waals surface area contributed by atoms with Crippen LogP contribution in [-0.2, 0) is 14.3 Å². The first kappa shape index (κ1) is 25.7. The number of hydrogen-bond donors (Lipinski definition) is 1. The first-order chi connectivity index (χ1) is 17.7. The number of halogens is 3. The highest BCUT2D eigenvalue weighted by Gasteiger charge is 2.62. The summed E-state index contributed by atoms with van der Waals surface area (Å²) in [5, 5.41) is 3.60. The van der Waals surface area contributed by atoms with Gasteiger partial charge in [0.05, 0.1) is 24.2 Å². The Labute approximate surface area is 223 Å². The lowest BCUT2D eigenvalue weighted by molar-refractivity contribution is -0.164. The van der Waals surface area contributed by atoms with E-state index < -0.39 is 29.8 Å². The summed E-state index contributed by atoms with van der Waals surface area (Å²) in [6, 6.07) is 7.22. The van der Waals surface area contributed by atoms with Crippen molar-refractivity contribution in [3.8, 4) is 0 Å². The number of nitrogens with zero attached hydrogens (tertiary/aromatic N) is 4. The van der Waals surface area contributed by atoms with E-state index in [0.29, 0.717) is 31.1 Å². The lowest BCUT2D eigenvalue weighted by atomic mass is 9.82. The monoisotopic (exact) mass is 549 g/mol. The van der Waals surface area contributed by atoms with Crippen molar-refractivity contribution in [3.05, 3.63) is 58.0 Å². The summed E-state index contributed by atoms with van der Waals surface area (Å²) in [7, 11) is 0. The van der Waals surface area contributed by atoms with Crippen molar-refractivity contribution in [2.75, 3.05) is 37.7 Å². The Bertz CT molecular complexity index is 1220. The van der Waals surface area contributed by atoms with Crippen molar-refractivity contribution in [2.24, 2.45) is 0 Å². The Hall–Kier alpha value is -2.95. The summed E-state index contributed by atoms with van der Waals surface area (Å²) < 4.78 is 20.1. The van der Waals surface area contributed by atoms with Crippen LogP contribution in [0.15, 0.2) is 36.5 Å². The predicted octanol–water partition coefficient (Wildman–Crippen LogP) is 3.41. The van der Waals surface area contributed by atoms with Crippen molar-refractivity contribution in [1.29, 1.82) is 0 Å². The van der Waals surface area contributed by atoms with Gasteiger partial charge in [-0.25, -0.2) is 14.2 Å². The van der Waals surface area contributed by atoms with Gasteiger partial charge in [-0.1, -0.05) is 35.3 Å². The molecule has 0 saturated carbocycles. The van der Waals surface area contributed by atoms with Crippen molar-refractivity contribution < 1.29 is 23.5 Å². The highest BCUT2D eigenvalue weighted by Crippen LogP contribution is 2.41. The first-order valence-corrected chi connectivity index (χ1v) is 12.8. The third-order valence-electron chi connectivity index (χ3n) is 7.19. The summed E-state index contributed by atoms with van der Waals surface area (Å²) in [6.07, 6.45) is 2.63. The molecule has 4 amide bonds. The van der Waals surface area contributed by atoms with Gasteiger partial charge < -0.3 is 19.9 Å². The Morgan fingerprint density at radius 1 is 1.16 bits per heavy atom. The number of carbonyl (C=O) groups is 3. The molecule has 3 aliphatic heterocycles. The number of piperazine rings is 1. The number of benzene rings is 1. The standard InChI is InChI=1S/C25H26Cl2FN5O4/c1-15(16-2-4-17(26)5-3-16)33-21(34)12-32(22-20(28)10-18(27)11-29-22)23(35)25(33)13-31(14-25)24(36)30-19-6-8-37-9-7-19/h2-5,10-11,15,19H,6-9,12-14H2,1H3,(H,30,36)/t15-/m0/s1. The summed E-state index contributed by atoms with van der Waals surface area (Å²) in [5.41, 5.74) is -0.603. The van der Waals surface area contributed by atoms with Crippen molar-refractivity contribution in [2.45, 2.75) is 37.4 Å². The minimum atomic E-state index is -1.38. The predicted molar refractivity (Wildman–Crippen MR) is 135 cm³/mol. The molecule has 1 N–H and O–H groups in total. The number of carbonyl (C=O) groups excluding carboxylic acids is 3. The molecular weight excluding hydrogens is 524 g/mol.